The molecule has 2 atom stereocenters. The molecule has 0 radical (unpaired) electrons. The molecule has 2 aromatic carbocycles. The highest BCUT2D eigenvalue weighted by Gasteiger charge is 2.27. The summed E-state index contributed by atoms with van der Waals surface area (Å²) in [6.07, 6.45) is -0.229. The average molecular weight is 474 g/mol. The highest BCUT2D eigenvalue weighted by molar-refractivity contribution is 6.33. The Labute approximate surface area is 191 Å². The maximum atomic E-state index is 14.1. The quantitative estimate of drug-likeness (QED) is 0.396. The first-order valence-electron chi connectivity index (χ1n) is 10.2. The van der Waals surface area contributed by atoms with E-state index in [4.69, 9.17) is 21.1 Å². The van der Waals surface area contributed by atoms with Crippen LogP contribution in [0, 0.1) is 11.6 Å². The monoisotopic (exact) mass is 473 g/mol. The standard InChI is InChI=1S/C22H18ClF2N5O3/c23-13-4-2-1-3-12(13)19-18-20(26-15-7-8-32-10-16(15)31)27-22(28-21(18)30-29-19)33-17-6-5-11(24)9-14(17)25/h1-6,9,15-16,31H,7-8,10H2,(H2,26,27,28,29,30). The van der Waals surface area contributed by atoms with Crippen molar-refractivity contribution in [3.8, 4) is 23.0 Å². The van der Waals surface area contributed by atoms with Crippen LogP contribution < -0.4 is 10.1 Å². The van der Waals surface area contributed by atoms with E-state index in [-0.39, 0.29) is 24.4 Å². The van der Waals surface area contributed by atoms with Gasteiger partial charge in [-0.25, -0.2) is 8.78 Å². The maximum Gasteiger partial charge on any atom is 0.326 e. The van der Waals surface area contributed by atoms with E-state index in [1.807, 2.05) is 12.1 Å². The van der Waals surface area contributed by atoms with Crippen LogP contribution >= 0.6 is 11.6 Å². The van der Waals surface area contributed by atoms with Crippen LogP contribution in [0.4, 0.5) is 14.6 Å². The Hall–Kier alpha value is -3.34. The van der Waals surface area contributed by atoms with E-state index in [0.29, 0.717) is 52.2 Å². The van der Waals surface area contributed by atoms with Gasteiger partial charge in [0.2, 0.25) is 0 Å². The number of nitrogens with one attached hydrogen (secondary N) is 2. The SMILES string of the molecule is OC1COCCC1Nc1nc(Oc2ccc(F)cc2F)nc2[nH]nc(-c3ccccc3Cl)c12. The van der Waals surface area contributed by atoms with Crippen LogP contribution in [0.1, 0.15) is 6.42 Å². The maximum absolute atomic E-state index is 14.1. The Morgan fingerprint density at radius 1 is 1.18 bits per heavy atom. The molecule has 4 aromatic rings. The summed E-state index contributed by atoms with van der Waals surface area (Å²) >= 11 is 6.38. The first-order valence-corrected chi connectivity index (χ1v) is 10.5. The van der Waals surface area contributed by atoms with Gasteiger partial charge in [0.25, 0.3) is 0 Å². The largest absolute Gasteiger partial charge is 0.421 e. The molecule has 8 nitrogen and oxygen atoms in total. The molecule has 1 fully saturated rings. The van der Waals surface area contributed by atoms with Crippen LogP contribution in [-0.2, 0) is 4.74 Å². The third-order valence-electron chi connectivity index (χ3n) is 5.27. The Kier molecular flexibility index (Phi) is 5.79. The summed E-state index contributed by atoms with van der Waals surface area (Å²) < 4.78 is 38.2. The van der Waals surface area contributed by atoms with E-state index in [1.54, 1.807) is 12.1 Å². The van der Waals surface area contributed by atoms with Crippen molar-refractivity contribution in [3.05, 3.63) is 59.1 Å². The first kappa shape index (κ1) is 21.5. The molecule has 1 saturated heterocycles. The van der Waals surface area contributed by atoms with Gasteiger partial charge in [-0.15, -0.1) is 0 Å². The van der Waals surface area contributed by atoms with Gasteiger partial charge < -0.3 is 19.9 Å². The molecular weight excluding hydrogens is 456 g/mol. The molecule has 2 unspecified atom stereocenters. The molecule has 1 aliphatic heterocycles. The number of ether oxygens (including phenoxy) is 2. The lowest BCUT2D eigenvalue weighted by atomic mass is 10.1. The van der Waals surface area contributed by atoms with Crippen molar-refractivity contribution in [2.45, 2.75) is 18.6 Å². The van der Waals surface area contributed by atoms with Crippen LogP contribution in [0.3, 0.4) is 0 Å². The molecule has 5 rings (SSSR count). The van der Waals surface area contributed by atoms with Crippen LogP contribution in [0.2, 0.25) is 5.02 Å². The molecule has 2 aromatic heterocycles. The number of halogens is 3. The number of aliphatic hydroxyl groups excluding tert-OH is 1. The minimum atomic E-state index is -0.894. The van der Waals surface area contributed by atoms with Gasteiger partial charge in [-0.1, -0.05) is 29.8 Å². The summed E-state index contributed by atoms with van der Waals surface area (Å²) in [5.41, 5.74) is 1.46. The van der Waals surface area contributed by atoms with Gasteiger partial charge >= 0.3 is 6.01 Å². The van der Waals surface area contributed by atoms with Crippen molar-refractivity contribution >= 4 is 28.5 Å². The molecule has 0 saturated carbocycles. The fourth-order valence-electron chi connectivity index (χ4n) is 3.63. The zero-order chi connectivity index (χ0) is 22.9. The number of anilines is 1. The molecule has 1 aliphatic rings. The molecular formula is C22H18ClF2N5O3. The smallest absolute Gasteiger partial charge is 0.326 e. The molecule has 0 amide bonds. The number of aromatic nitrogens is 4. The van der Waals surface area contributed by atoms with Gasteiger partial charge in [-0.2, -0.15) is 15.1 Å². The Bertz CT molecular complexity index is 1320. The van der Waals surface area contributed by atoms with Crippen molar-refractivity contribution in [3.63, 3.8) is 0 Å². The van der Waals surface area contributed by atoms with Gasteiger partial charge in [0.05, 0.1) is 29.2 Å². The Morgan fingerprint density at radius 3 is 2.82 bits per heavy atom. The molecule has 11 heteroatoms. The minimum Gasteiger partial charge on any atom is -0.421 e. The van der Waals surface area contributed by atoms with Gasteiger partial charge in [0.15, 0.2) is 17.2 Å². The number of benzene rings is 2. The van der Waals surface area contributed by atoms with Crippen LogP contribution in [-0.4, -0.2) is 50.6 Å². The number of aliphatic hydroxyl groups is 1. The highest BCUT2D eigenvalue weighted by atomic mass is 35.5. The van der Waals surface area contributed by atoms with Crippen LogP contribution in [0.25, 0.3) is 22.3 Å². The highest BCUT2D eigenvalue weighted by Crippen LogP contribution is 2.36. The summed E-state index contributed by atoms with van der Waals surface area (Å²) in [7, 11) is 0. The lowest BCUT2D eigenvalue weighted by molar-refractivity contribution is -0.0135. The Morgan fingerprint density at radius 2 is 2.03 bits per heavy atom. The molecule has 0 spiro atoms. The van der Waals surface area contributed by atoms with E-state index >= 15 is 0 Å². The van der Waals surface area contributed by atoms with E-state index < -0.39 is 17.7 Å². The number of fused-ring (bicyclic) bond motifs is 1. The lowest BCUT2D eigenvalue weighted by Crippen LogP contribution is -2.42. The molecule has 0 aliphatic carbocycles. The summed E-state index contributed by atoms with van der Waals surface area (Å²) in [5, 5.41) is 21.8. The van der Waals surface area contributed by atoms with Gasteiger partial charge in [-0.3, -0.25) is 5.10 Å². The number of aromatic amines is 1. The predicted molar refractivity (Wildman–Crippen MR) is 117 cm³/mol. The molecule has 170 valence electrons. The number of hydrogen-bond donors (Lipinski definition) is 3. The second-order valence-electron chi connectivity index (χ2n) is 7.49. The summed E-state index contributed by atoms with van der Waals surface area (Å²) in [6.45, 7) is 0.647. The van der Waals surface area contributed by atoms with Gasteiger partial charge in [-0.05, 0) is 24.6 Å². The van der Waals surface area contributed by atoms with Crippen molar-refractivity contribution in [1.82, 2.24) is 20.2 Å². The Balaban J connectivity index is 1.61. The van der Waals surface area contributed by atoms with Crippen molar-refractivity contribution in [1.29, 1.82) is 0 Å². The zero-order valence-corrected chi connectivity index (χ0v) is 17.8. The van der Waals surface area contributed by atoms with Crippen molar-refractivity contribution < 1.29 is 23.4 Å². The summed E-state index contributed by atoms with van der Waals surface area (Å²) in [4.78, 5) is 8.72. The molecule has 33 heavy (non-hydrogen) atoms. The fourth-order valence-corrected chi connectivity index (χ4v) is 3.86. The second-order valence-corrected chi connectivity index (χ2v) is 7.90. The number of H-pyrrole nitrogens is 1. The summed E-state index contributed by atoms with van der Waals surface area (Å²) in [5.74, 6) is -1.55. The van der Waals surface area contributed by atoms with Crippen molar-refractivity contribution in [2.75, 3.05) is 18.5 Å². The van der Waals surface area contributed by atoms with Crippen LogP contribution in [0.5, 0.6) is 11.8 Å². The minimum absolute atomic E-state index is 0.179. The summed E-state index contributed by atoms with van der Waals surface area (Å²) in [6, 6.07) is 9.55. The molecule has 3 heterocycles. The molecule has 0 bridgehead atoms. The normalized spacial score (nSPS) is 18.4. The second kappa shape index (κ2) is 8.89. The van der Waals surface area contributed by atoms with E-state index in [0.717, 1.165) is 12.1 Å². The van der Waals surface area contributed by atoms with Gasteiger partial charge in [0.1, 0.15) is 17.3 Å². The van der Waals surface area contributed by atoms with E-state index in [2.05, 4.69) is 25.5 Å². The lowest BCUT2D eigenvalue weighted by Gasteiger charge is -2.29. The number of rotatable bonds is 5. The first-order chi connectivity index (χ1) is 16.0. The van der Waals surface area contributed by atoms with E-state index in [9.17, 15) is 13.9 Å². The zero-order valence-electron chi connectivity index (χ0n) is 17.1. The van der Waals surface area contributed by atoms with E-state index in [1.165, 1.54) is 0 Å². The predicted octanol–water partition coefficient (Wildman–Crippen LogP) is 4.31. The third-order valence-corrected chi connectivity index (χ3v) is 5.60. The topological polar surface area (TPSA) is 105 Å². The average Bonchev–Trinajstić information content (AvgIpc) is 3.22. The third kappa shape index (κ3) is 4.32. The van der Waals surface area contributed by atoms with Gasteiger partial charge in [0, 0.05) is 18.2 Å². The number of hydrogen-bond acceptors (Lipinski definition) is 7. The van der Waals surface area contributed by atoms with Crippen molar-refractivity contribution in [2.24, 2.45) is 0 Å². The number of nitrogens with zero attached hydrogens (tertiary/aromatic N) is 3. The fraction of sp³-hybridized carbons (Fsp3) is 0.227. The van der Waals surface area contributed by atoms with Crippen LogP contribution in [0.15, 0.2) is 42.5 Å². The molecule has 3 N–H and O–H groups in total.